The number of aliphatic carboxylic acids is 2. The molecule has 4 aromatic rings. The number of ketones is 1. The monoisotopic (exact) mass is 724 g/mol. The van der Waals surface area contributed by atoms with Crippen LogP contribution in [0.3, 0.4) is 0 Å². The molecule has 6 heterocycles. The number of nitrogens with one attached hydrogen (secondary N) is 1. The van der Waals surface area contributed by atoms with Crippen molar-refractivity contribution >= 4 is 85.8 Å². The van der Waals surface area contributed by atoms with E-state index in [0.717, 1.165) is 27.3 Å². The van der Waals surface area contributed by atoms with Crippen molar-refractivity contribution in [2.75, 3.05) is 11.5 Å². The van der Waals surface area contributed by atoms with Crippen molar-refractivity contribution < 1.29 is 38.8 Å². The van der Waals surface area contributed by atoms with Gasteiger partial charge in [-0.05, 0) is 26.0 Å². The highest BCUT2D eigenvalue weighted by Crippen LogP contribution is 2.45. The van der Waals surface area contributed by atoms with Crippen LogP contribution in [0.15, 0.2) is 58.6 Å². The highest BCUT2D eigenvalue weighted by molar-refractivity contribution is 8.00. The second kappa shape index (κ2) is 13.1. The van der Waals surface area contributed by atoms with Crippen molar-refractivity contribution in [3.8, 4) is 0 Å². The lowest BCUT2D eigenvalue weighted by molar-refractivity contribution is -0.687. The number of nitrogen functional groups attached to an aromatic ring is 2. The molecule has 1 fully saturated rings. The molecule has 1 saturated heterocycles. The molecule has 254 valence electrons. The standard InChI is InChI=1S/C30H29N9O7S3/c1-30(2,28(44)45)46-35-21(24-34-29(33)49-36-24)20(40)8-18-25(41)39-22(27(42)43)16(13-48-26(18)39)9-37-5-3-14-4-6-38(19(14)11-37)10-17-7-15(12-47-17)23(31)32/h3-7,11-12,18,26H,8-10,13H2,1-2H3,(H6-,31,32,33,34,36,42,43,44,45)/p+1/b35-21+/t18-,26-/m1/s1. The van der Waals surface area contributed by atoms with E-state index in [0.29, 0.717) is 23.4 Å². The van der Waals surface area contributed by atoms with Gasteiger partial charge in [-0.25, -0.2) is 9.59 Å². The number of pyridine rings is 1. The molecular weight excluding hydrogens is 695 g/mol. The second-order valence-electron chi connectivity index (χ2n) is 11.8. The van der Waals surface area contributed by atoms with Gasteiger partial charge in [0.2, 0.25) is 17.3 Å². The summed E-state index contributed by atoms with van der Waals surface area (Å²) < 4.78 is 7.92. The first kappa shape index (κ1) is 33.7. The number of rotatable bonds is 13. The van der Waals surface area contributed by atoms with Gasteiger partial charge in [0.15, 0.2) is 35.6 Å². The summed E-state index contributed by atoms with van der Waals surface area (Å²) in [5.41, 5.74) is 11.1. The zero-order chi connectivity index (χ0) is 35.2. The number of β-lactam (4-membered cyclic amide) rings is 1. The third-order valence-corrected chi connectivity index (χ3v) is 10.9. The minimum Gasteiger partial charge on any atom is -0.478 e. The maximum absolute atomic E-state index is 13.5. The molecule has 0 unspecified atom stereocenters. The SMILES string of the molecule is CC(C)(O/N=C(\C(=O)C[C@@H]1C(=O)N2C(C(=O)O)=C(C[n+]3ccc4ccn(Cc5cc(C(=N)N)cs5)c4c3)CS[C@H]12)c1nsc(N)n1)C(=O)O. The Morgan fingerprint density at radius 1 is 1.27 bits per heavy atom. The molecule has 49 heavy (non-hydrogen) atoms. The van der Waals surface area contributed by atoms with Crippen LogP contribution < -0.4 is 16.0 Å². The molecule has 4 aromatic heterocycles. The van der Waals surface area contributed by atoms with Gasteiger partial charge in [-0.2, -0.15) is 13.9 Å². The first-order valence-electron chi connectivity index (χ1n) is 14.7. The molecule has 0 bridgehead atoms. The number of carboxylic acid groups (broad SMARTS) is 2. The van der Waals surface area contributed by atoms with Crippen LogP contribution >= 0.6 is 34.6 Å². The lowest BCUT2D eigenvalue weighted by Crippen LogP contribution is -2.62. The number of carbonyl (C=O) groups is 4. The number of amides is 1. The van der Waals surface area contributed by atoms with Crippen LogP contribution in [0.5, 0.6) is 0 Å². The van der Waals surface area contributed by atoms with E-state index in [2.05, 4.69) is 19.1 Å². The topological polar surface area (TPSA) is 244 Å². The molecule has 2 atom stereocenters. The molecule has 0 aromatic carbocycles. The molecule has 0 spiro atoms. The number of Topliss-reactive ketones (excluding diaryl/α,β-unsaturated/α-hetero) is 1. The number of nitrogens with two attached hydrogens (primary N) is 2. The van der Waals surface area contributed by atoms with Gasteiger partial charge < -0.3 is 31.1 Å². The zero-order valence-corrected chi connectivity index (χ0v) is 28.5. The van der Waals surface area contributed by atoms with E-state index in [4.69, 9.17) is 21.7 Å². The Labute approximate surface area is 290 Å². The molecule has 1 amide bonds. The Balaban J connectivity index is 1.21. The molecular formula is C30H30N9O7S3+. The van der Waals surface area contributed by atoms with E-state index >= 15 is 0 Å². The predicted molar refractivity (Wildman–Crippen MR) is 181 cm³/mol. The summed E-state index contributed by atoms with van der Waals surface area (Å²) in [6.45, 7) is 3.28. The maximum Gasteiger partial charge on any atom is 0.352 e. The van der Waals surface area contributed by atoms with Crippen LogP contribution in [0, 0.1) is 11.3 Å². The van der Waals surface area contributed by atoms with Gasteiger partial charge in [0, 0.05) is 62.7 Å². The van der Waals surface area contributed by atoms with E-state index < -0.39 is 40.5 Å². The minimum atomic E-state index is -1.77. The Morgan fingerprint density at radius 2 is 2.04 bits per heavy atom. The van der Waals surface area contributed by atoms with Crippen LogP contribution in [-0.2, 0) is 37.1 Å². The first-order valence-corrected chi connectivity index (χ1v) is 17.4. The quantitative estimate of drug-likeness (QED) is 0.0436. The lowest BCUT2D eigenvalue weighted by atomic mass is 9.89. The summed E-state index contributed by atoms with van der Waals surface area (Å²) in [6.07, 6.45) is 5.37. The molecule has 2 aliphatic rings. The number of amidine groups is 1. The largest absolute Gasteiger partial charge is 0.478 e. The number of carbonyl (C=O) groups excluding carboxylic acids is 2. The molecule has 16 nitrogen and oxygen atoms in total. The van der Waals surface area contributed by atoms with E-state index in [-0.39, 0.29) is 41.2 Å². The zero-order valence-electron chi connectivity index (χ0n) is 26.0. The highest BCUT2D eigenvalue weighted by atomic mass is 32.2. The molecule has 6 rings (SSSR count). The van der Waals surface area contributed by atoms with Gasteiger partial charge in [0.05, 0.1) is 17.8 Å². The van der Waals surface area contributed by atoms with Crippen molar-refractivity contribution in [2.45, 2.75) is 44.3 Å². The second-order valence-corrected chi connectivity index (χ2v) is 14.7. The Hall–Kier alpha value is -5.14. The van der Waals surface area contributed by atoms with E-state index in [9.17, 15) is 29.4 Å². The summed E-state index contributed by atoms with van der Waals surface area (Å²) in [4.78, 5) is 62.3. The van der Waals surface area contributed by atoms with Crippen molar-refractivity contribution in [1.82, 2.24) is 18.8 Å². The van der Waals surface area contributed by atoms with Gasteiger partial charge in [-0.1, -0.05) is 5.16 Å². The number of carboxylic acids is 2. The number of fused-ring (bicyclic) bond motifs is 2. The minimum absolute atomic E-state index is 0.00950. The van der Waals surface area contributed by atoms with Crippen molar-refractivity contribution in [2.24, 2.45) is 16.8 Å². The number of aromatic nitrogens is 4. The molecule has 19 heteroatoms. The van der Waals surface area contributed by atoms with Gasteiger partial charge in [0.1, 0.15) is 17.0 Å². The maximum atomic E-state index is 13.5. The Bertz CT molecular complexity index is 2100. The summed E-state index contributed by atoms with van der Waals surface area (Å²) in [6, 6.07) is 5.80. The van der Waals surface area contributed by atoms with Gasteiger partial charge in [0.25, 0.3) is 0 Å². The van der Waals surface area contributed by atoms with E-state index in [1.54, 1.807) is 0 Å². The number of nitrogens with zero attached hydrogens (tertiary/aromatic N) is 6. The lowest BCUT2D eigenvalue weighted by Gasteiger charge is -2.49. The molecule has 0 saturated carbocycles. The Morgan fingerprint density at radius 3 is 2.69 bits per heavy atom. The first-order chi connectivity index (χ1) is 23.2. The van der Waals surface area contributed by atoms with Crippen LogP contribution in [0.1, 0.15) is 36.5 Å². The fraction of sp³-hybridized carbons (Fsp3) is 0.300. The fourth-order valence-electron chi connectivity index (χ4n) is 5.38. The normalized spacial score (nSPS) is 18.0. The van der Waals surface area contributed by atoms with Crippen molar-refractivity contribution in [3.05, 3.63) is 69.7 Å². The van der Waals surface area contributed by atoms with Crippen LogP contribution in [0.2, 0.25) is 0 Å². The number of hydrogen-bond acceptors (Lipinski definition) is 13. The Kier molecular flexibility index (Phi) is 8.99. The summed E-state index contributed by atoms with van der Waals surface area (Å²) in [5, 5.41) is 33.3. The molecule has 2 aliphatic heterocycles. The number of oxime groups is 1. The van der Waals surface area contributed by atoms with Crippen molar-refractivity contribution in [1.29, 1.82) is 5.41 Å². The predicted octanol–water partition coefficient (Wildman–Crippen LogP) is 1.87. The summed E-state index contributed by atoms with van der Waals surface area (Å²) in [5.74, 6) is -4.52. The third-order valence-electron chi connectivity index (χ3n) is 8.00. The molecule has 7 N–H and O–H groups in total. The van der Waals surface area contributed by atoms with E-state index in [1.807, 2.05) is 46.7 Å². The van der Waals surface area contributed by atoms with Gasteiger partial charge >= 0.3 is 11.9 Å². The van der Waals surface area contributed by atoms with E-state index in [1.165, 1.54) is 41.8 Å². The smallest absolute Gasteiger partial charge is 0.352 e. The molecule has 0 aliphatic carbocycles. The van der Waals surface area contributed by atoms with Gasteiger partial charge in [-0.3, -0.25) is 19.9 Å². The summed E-state index contributed by atoms with van der Waals surface area (Å²) in [7, 11) is 0. The van der Waals surface area contributed by atoms with Gasteiger partial charge in [-0.15, -0.1) is 23.1 Å². The van der Waals surface area contributed by atoms with Crippen molar-refractivity contribution in [3.63, 3.8) is 0 Å². The number of thiophene rings is 1. The number of hydrogen-bond donors (Lipinski definition) is 5. The van der Waals surface area contributed by atoms with Crippen LogP contribution in [-0.4, -0.2) is 80.9 Å². The summed E-state index contributed by atoms with van der Waals surface area (Å²) >= 11 is 3.66. The number of anilines is 1. The highest BCUT2D eigenvalue weighted by Gasteiger charge is 2.54. The average Bonchev–Trinajstić information content (AvgIpc) is 3.80. The van der Waals surface area contributed by atoms with Crippen LogP contribution in [0.4, 0.5) is 5.13 Å². The third kappa shape index (κ3) is 6.63. The fourth-order valence-corrected chi connectivity index (χ4v) is 8.10. The molecule has 0 radical (unpaired) electrons. The average molecular weight is 725 g/mol. The van der Waals surface area contributed by atoms with Crippen LogP contribution in [0.25, 0.3) is 10.9 Å². The number of thioether (sulfide) groups is 1.